The van der Waals surface area contributed by atoms with Crippen LogP contribution in [0.3, 0.4) is 0 Å². The van der Waals surface area contributed by atoms with Gasteiger partial charge < -0.3 is 15.3 Å². The van der Waals surface area contributed by atoms with E-state index in [0.29, 0.717) is 26.1 Å². The largest absolute Gasteiger partial charge is 0.481 e. The predicted molar refractivity (Wildman–Crippen MR) is 76.5 cm³/mol. The molecule has 5 heteroatoms. The third kappa shape index (κ3) is 3.52. The lowest BCUT2D eigenvalue weighted by atomic mass is 9.90. The van der Waals surface area contributed by atoms with Gasteiger partial charge in [0.2, 0.25) is 0 Å². The van der Waals surface area contributed by atoms with Crippen LogP contribution in [0.2, 0.25) is 0 Å². The Bertz CT molecular complexity index is 419. The van der Waals surface area contributed by atoms with Gasteiger partial charge in [0, 0.05) is 19.6 Å². The molecule has 0 saturated carbocycles. The fraction of sp³-hybridized carbons (Fsp3) is 0.733. The topological polar surface area (TPSA) is 69.6 Å². The minimum absolute atomic E-state index is 0.133. The van der Waals surface area contributed by atoms with Gasteiger partial charge in [-0.05, 0) is 45.4 Å². The second-order valence-electron chi connectivity index (χ2n) is 6.13. The van der Waals surface area contributed by atoms with Gasteiger partial charge in [0.15, 0.2) is 0 Å². The maximum Gasteiger partial charge on any atom is 0.317 e. The standard InChI is InChI=1S/C15H24N2O3/c1-15(13(18)19)8-10-17(11-15)14(20)16-9-7-12-5-3-2-4-6-12/h5H,2-4,6-11H2,1H3,(H,16,20)(H,18,19). The molecule has 1 fully saturated rings. The summed E-state index contributed by atoms with van der Waals surface area (Å²) < 4.78 is 0. The number of hydrogen-bond acceptors (Lipinski definition) is 2. The lowest BCUT2D eigenvalue weighted by Crippen LogP contribution is -2.41. The first-order chi connectivity index (χ1) is 9.51. The first kappa shape index (κ1) is 14.9. The van der Waals surface area contributed by atoms with E-state index in [1.807, 2.05) is 0 Å². The Morgan fingerprint density at radius 1 is 1.45 bits per heavy atom. The van der Waals surface area contributed by atoms with Gasteiger partial charge in [0.05, 0.1) is 5.41 Å². The first-order valence-corrected chi connectivity index (χ1v) is 7.45. The van der Waals surface area contributed by atoms with Gasteiger partial charge in [-0.15, -0.1) is 0 Å². The average Bonchev–Trinajstić information content (AvgIpc) is 2.84. The second kappa shape index (κ2) is 6.29. The summed E-state index contributed by atoms with van der Waals surface area (Å²) >= 11 is 0. The van der Waals surface area contributed by atoms with Gasteiger partial charge in [-0.1, -0.05) is 11.6 Å². The fourth-order valence-corrected chi connectivity index (χ4v) is 2.88. The lowest BCUT2D eigenvalue weighted by Gasteiger charge is -2.21. The SMILES string of the molecule is CC1(C(=O)O)CCN(C(=O)NCCC2=CCCCC2)C1. The Hall–Kier alpha value is -1.52. The molecule has 5 nitrogen and oxygen atoms in total. The molecule has 112 valence electrons. The molecular formula is C15H24N2O3. The van der Waals surface area contributed by atoms with Crippen molar-refractivity contribution >= 4 is 12.0 Å². The van der Waals surface area contributed by atoms with Crippen molar-refractivity contribution in [3.8, 4) is 0 Å². The molecule has 1 unspecified atom stereocenters. The number of hydrogen-bond donors (Lipinski definition) is 2. The summed E-state index contributed by atoms with van der Waals surface area (Å²) in [6.07, 6.45) is 8.56. The number of likely N-dealkylation sites (tertiary alicyclic amines) is 1. The van der Waals surface area contributed by atoms with Crippen LogP contribution < -0.4 is 5.32 Å². The highest BCUT2D eigenvalue weighted by Crippen LogP contribution is 2.30. The molecule has 0 spiro atoms. The van der Waals surface area contributed by atoms with E-state index >= 15 is 0 Å². The van der Waals surface area contributed by atoms with Crippen LogP contribution in [0.25, 0.3) is 0 Å². The van der Waals surface area contributed by atoms with Gasteiger partial charge in [-0.25, -0.2) is 4.79 Å². The van der Waals surface area contributed by atoms with Crippen LogP contribution in [0.1, 0.15) is 45.4 Å². The smallest absolute Gasteiger partial charge is 0.317 e. The Kier molecular flexibility index (Phi) is 4.68. The average molecular weight is 280 g/mol. The number of carboxylic acid groups (broad SMARTS) is 1. The van der Waals surface area contributed by atoms with Crippen molar-refractivity contribution in [2.24, 2.45) is 5.41 Å². The number of amides is 2. The summed E-state index contributed by atoms with van der Waals surface area (Å²) in [5.74, 6) is -0.819. The van der Waals surface area contributed by atoms with E-state index < -0.39 is 11.4 Å². The quantitative estimate of drug-likeness (QED) is 0.777. The minimum atomic E-state index is -0.819. The molecule has 1 aliphatic heterocycles. The van der Waals surface area contributed by atoms with Crippen molar-refractivity contribution in [1.82, 2.24) is 10.2 Å². The molecule has 2 rings (SSSR count). The van der Waals surface area contributed by atoms with Crippen molar-refractivity contribution in [2.45, 2.75) is 45.4 Å². The molecule has 20 heavy (non-hydrogen) atoms. The Labute approximate surface area is 120 Å². The molecule has 2 amide bonds. The summed E-state index contributed by atoms with van der Waals surface area (Å²) in [6, 6.07) is -0.133. The summed E-state index contributed by atoms with van der Waals surface area (Å²) in [7, 11) is 0. The maximum atomic E-state index is 12.0. The first-order valence-electron chi connectivity index (χ1n) is 7.45. The number of nitrogens with one attached hydrogen (secondary N) is 1. The molecule has 2 N–H and O–H groups in total. The highest BCUT2D eigenvalue weighted by molar-refractivity contribution is 5.79. The van der Waals surface area contributed by atoms with E-state index in [2.05, 4.69) is 11.4 Å². The zero-order valence-electron chi connectivity index (χ0n) is 12.2. The molecule has 0 aromatic heterocycles. The van der Waals surface area contributed by atoms with Crippen LogP contribution in [0.15, 0.2) is 11.6 Å². The number of rotatable bonds is 4. The van der Waals surface area contributed by atoms with Crippen molar-refractivity contribution in [2.75, 3.05) is 19.6 Å². The summed E-state index contributed by atoms with van der Waals surface area (Å²) in [6.45, 7) is 3.18. The Morgan fingerprint density at radius 3 is 2.85 bits per heavy atom. The molecule has 1 aliphatic carbocycles. The zero-order valence-corrected chi connectivity index (χ0v) is 12.2. The van der Waals surface area contributed by atoms with Crippen LogP contribution in [0, 0.1) is 5.41 Å². The van der Waals surface area contributed by atoms with Crippen LogP contribution >= 0.6 is 0 Å². The van der Waals surface area contributed by atoms with Gasteiger partial charge >= 0.3 is 12.0 Å². The highest BCUT2D eigenvalue weighted by atomic mass is 16.4. The number of carbonyl (C=O) groups is 2. The van der Waals surface area contributed by atoms with Crippen molar-refractivity contribution in [3.05, 3.63) is 11.6 Å². The van der Waals surface area contributed by atoms with Crippen LogP contribution in [-0.4, -0.2) is 41.6 Å². The Morgan fingerprint density at radius 2 is 2.25 bits per heavy atom. The van der Waals surface area contributed by atoms with E-state index in [-0.39, 0.29) is 6.03 Å². The van der Waals surface area contributed by atoms with Gasteiger partial charge in [0.25, 0.3) is 0 Å². The molecule has 0 aromatic rings. The van der Waals surface area contributed by atoms with Crippen LogP contribution in [-0.2, 0) is 4.79 Å². The van der Waals surface area contributed by atoms with Crippen molar-refractivity contribution < 1.29 is 14.7 Å². The monoisotopic (exact) mass is 280 g/mol. The summed E-state index contributed by atoms with van der Waals surface area (Å²) in [4.78, 5) is 24.8. The molecule has 0 radical (unpaired) electrons. The van der Waals surface area contributed by atoms with Gasteiger partial charge in [0.1, 0.15) is 0 Å². The fourth-order valence-electron chi connectivity index (χ4n) is 2.88. The zero-order chi connectivity index (χ0) is 14.6. The molecule has 0 bridgehead atoms. The molecule has 2 aliphatic rings. The van der Waals surface area contributed by atoms with Crippen LogP contribution in [0.5, 0.6) is 0 Å². The number of carbonyl (C=O) groups excluding carboxylic acids is 1. The third-order valence-electron chi connectivity index (χ3n) is 4.38. The number of aliphatic carboxylic acids is 1. The second-order valence-corrected chi connectivity index (χ2v) is 6.13. The molecule has 1 heterocycles. The van der Waals surface area contributed by atoms with E-state index in [1.165, 1.54) is 18.4 Å². The predicted octanol–water partition coefficient (Wildman–Crippen LogP) is 2.38. The molecule has 0 aromatic carbocycles. The van der Waals surface area contributed by atoms with E-state index in [0.717, 1.165) is 19.3 Å². The number of urea groups is 1. The van der Waals surface area contributed by atoms with Gasteiger partial charge in [-0.2, -0.15) is 0 Å². The van der Waals surface area contributed by atoms with E-state index in [1.54, 1.807) is 11.8 Å². The molecule has 1 saturated heterocycles. The molecular weight excluding hydrogens is 256 g/mol. The highest BCUT2D eigenvalue weighted by Gasteiger charge is 2.42. The minimum Gasteiger partial charge on any atom is -0.481 e. The van der Waals surface area contributed by atoms with Crippen molar-refractivity contribution in [3.63, 3.8) is 0 Å². The number of allylic oxidation sites excluding steroid dienone is 1. The van der Waals surface area contributed by atoms with E-state index in [4.69, 9.17) is 5.11 Å². The van der Waals surface area contributed by atoms with E-state index in [9.17, 15) is 9.59 Å². The Balaban J connectivity index is 1.73. The third-order valence-corrected chi connectivity index (χ3v) is 4.38. The lowest BCUT2D eigenvalue weighted by molar-refractivity contribution is -0.146. The molecule has 1 atom stereocenters. The summed E-state index contributed by atoms with van der Waals surface area (Å²) in [5, 5.41) is 12.1. The van der Waals surface area contributed by atoms with Crippen LogP contribution in [0.4, 0.5) is 4.79 Å². The van der Waals surface area contributed by atoms with Crippen molar-refractivity contribution in [1.29, 1.82) is 0 Å². The summed E-state index contributed by atoms with van der Waals surface area (Å²) in [5.41, 5.74) is 0.650. The number of carboxylic acids is 1. The number of nitrogens with zero attached hydrogens (tertiary/aromatic N) is 1. The normalized spacial score (nSPS) is 26.2. The maximum absolute atomic E-state index is 12.0. The van der Waals surface area contributed by atoms with Gasteiger partial charge in [-0.3, -0.25) is 4.79 Å².